The Kier molecular flexibility index (Phi) is 3.11. The van der Waals surface area contributed by atoms with Crippen LogP contribution in [0.2, 0.25) is 0 Å². The van der Waals surface area contributed by atoms with Gasteiger partial charge in [0.2, 0.25) is 0 Å². The zero-order chi connectivity index (χ0) is 13.2. The summed E-state index contributed by atoms with van der Waals surface area (Å²) in [6.07, 6.45) is 5.30. The molecule has 0 amide bonds. The largest absolute Gasteiger partial charge is 0.463 e. The van der Waals surface area contributed by atoms with Crippen LogP contribution in [0, 0.1) is 0 Å². The van der Waals surface area contributed by atoms with Crippen molar-refractivity contribution in [2.45, 2.75) is 32.2 Å². The predicted octanol–water partition coefficient (Wildman–Crippen LogP) is 2.70. The lowest BCUT2D eigenvalue weighted by Crippen LogP contribution is -2.38. The SMILES string of the molecule is C[C@H]1CCCCN1c1cc(-c2ccco2)nnc1N. The van der Waals surface area contributed by atoms with E-state index in [1.54, 1.807) is 6.26 Å². The lowest BCUT2D eigenvalue weighted by atomic mass is 10.0. The van der Waals surface area contributed by atoms with Crippen molar-refractivity contribution in [2.75, 3.05) is 17.2 Å². The van der Waals surface area contributed by atoms with Crippen molar-refractivity contribution < 1.29 is 4.42 Å². The van der Waals surface area contributed by atoms with Gasteiger partial charge < -0.3 is 15.1 Å². The molecule has 0 unspecified atom stereocenters. The number of piperidine rings is 1. The van der Waals surface area contributed by atoms with Gasteiger partial charge in [0.15, 0.2) is 11.6 Å². The molecule has 1 aliphatic heterocycles. The van der Waals surface area contributed by atoms with Crippen LogP contribution in [0.25, 0.3) is 11.5 Å². The Balaban J connectivity index is 1.98. The molecule has 0 spiro atoms. The minimum atomic E-state index is 0.490. The molecule has 3 rings (SSSR count). The second-order valence-electron chi connectivity index (χ2n) is 5.02. The number of aromatic nitrogens is 2. The van der Waals surface area contributed by atoms with E-state index in [1.807, 2.05) is 18.2 Å². The molecule has 2 aromatic heterocycles. The summed E-state index contributed by atoms with van der Waals surface area (Å²) in [4.78, 5) is 2.32. The smallest absolute Gasteiger partial charge is 0.169 e. The second-order valence-corrected chi connectivity index (χ2v) is 5.02. The molecule has 3 heterocycles. The molecule has 100 valence electrons. The molecule has 2 N–H and O–H groups in total. The predicted molar refractivity (Wildman–Crippen MR) is 74.8 cm³/mol. The van der Waals surface area contributed by atoms with E-state index in [0.29, 0.717) is 11.9 Å². The van der Waals surface area contributed by atoms with Gasteiger partial charge in [0, 0.05) is 12.6 Å². The number of hydrogen-bond acceptors (Lipinski definition) is 5. The quantitative estimate of drug-likeness (QED) is 0.897. The van der Waals surface area contributed by atoms with Crippen LogP contribution in [0.15, 0.2) is 28.9 Å². The summed E-state index contributed by atoms with van der Waals surface area (Å²) >= 11 is 0. The Morgan fingerprint density at radius 2 is 2.26 bits per heavy atom. The molecule has 0 aliphatic carbocycles. The fourth-order valence-corrected chi connectivity index (χ4v) is 2.62. The number of rotatable bonds is 2. The van der Waals surface area contributed by atoms with Gasteiger partial charge in [0.1, 0.15) is 5.69 Å². The third kappa shape index (κ3) is 2.28. The van der Waals surface area contributed by atoms with Crippen molar-refractivity contribution in [2.24, 2.45) is 0 Å². The topological polar surface area (TPSA) is 68.2 Å². The average Bonchev–Trinajstić information content (AvgIpc) is 2.94. The van der Waals surface area contributed by atoms with E-state index in [1.165, 1.54) is 19.3 Å². The van der Waals surface area contributed by atoms with Crippen molar-refractivity contribution in [3.8, 4) is 11.5 Å². The van der Waals surface area contributed by atoms with Crippen LogP contribution in [0.4, 0.5) is 11.5 Å². The zero-order valence-electron chi connectivity index (χ0n) is 11.0. The van der Waals surface area contributed by atoms with E-state index in [4.69, 9.17) is 10.2 Å². The molecule has 1 atom stereocenters. The fourth-order valence-electron chi connectivity index (χ4n) is 2.62. The summed E-state index contributed by atoms with van der Waals surface area (Å²) in [5, 5.41) is 8.18. The van der Waals surface area contributed by atoms with Crippen molar-refractivity contribution in [1.29, 1.82) is 0 Å². The Labute approximate surface area is 112 Å². The summed E-state index contributed by atoms with van der Waals surface area (Å²) in [7, 11) is 0. The molecule has 1 aliphatic rings. The molecule has 0 aromatic carbocycles. The Hall–Kier alpha value is -2.04. The molecule has 5 nitrogen and oxygen atoms in total. The zero-order valence-corrected chi connectivity index (χ0v) is 11.0. The first-order valence-corrected chi connectivity index (χ1v) is 6.69. The third-order valence-corrected chi connectivity index (χ3v) is 3.69. The molecule has 1 fully saturated rings. The maximum absolute atomic E-state index is 5.99. The van der Waals surface area contributed by atoms with E-state index in [0.717, 1.165) is 23.7 Å². The molecule has 5 heteroatoms. The van der Waals surface area contributed by atoms with E-state index in [-0.39, 0.29) is 0 Å². The Morgan fingerprint density at radius 1 is 1.37 bits per heavy atom. The normalized spacial score (nSPS) is 19.6. The van der Waals surface area contributed by atoms with Gasteiger partial charge in [-0.15, -0.1) is 10.2 Å². The summed E-state index contributed by atoms with van der Waals surface area (Å²) in [5.41, 5.74) is 7.68. The van der Waals surface area contributed by atoms with Crippen LogP contribution >= 0.6 is 0 Å². The molecule has 2 aromatic rings. The van der Waals surface area contributed by atoms with Crippen molar-refractivity contribution in [3.05, 3.63) is 24.5 Å². The van der Waals surface area contributed by atoms with Crippen molar-refractivity contribution in [3.63, 3.8) is 0 Å². The third-order valence-electron chi connectivity index (χ3n) is 3.69. The van der Waals surface area contributed by atoms with Crippen molar-refractivity contribution >= 4 is 11.5 Å². The number of anilines is 2. The molecule has 19 heavy (non-hydrogen) atoms. The van der Waals surface area contributed by atoms with E-state index < -0.39 is 0 Å². The lowest BCUT2D eigenvalue weighted by molar-refractivity contribution is 0.484. The van der Waals surface area contributed by atoms with E-state index in [9.17, 15) is 0 Å². The second kappa shape index (κ2) is 4.91. The molecule has 0 radical (unpaired) electrons. The van der Waals surface area contributed by atoms with Crippen LogP contribution in [-0.2, 0) is 0 Å². The lowest BCUT2D eigenvalue weighted by Gasteiger charge is -2.35. The van der Waals surface area contributed by atoms with Crippen LogP contribution in [0.1, 0.15) is 26.2 Å². The van der Waals surface area contributed by atoms with Gasteiger partial charge in [-0.25, -0.2) is 0 Å². The Bertz CT molecular complexity index is 553. The van der Waals surface area contributed by atoms with Crippen LogP contribution < -0.4 is 10.6 Å². The molecule has 0 bridgehead atoms. The first-order chi connectivity index (χ1) is 9.25. The number of furan rings is 1. The summed E-state index contributed by atoms with van der Waals surface area (Å²) < 4.78 is 5.37. The number of nitrogens with two attached hydrogens (primary N) is 1. The highest BCUT2D eigenvalue weighted by Gasteiger charge is 2.22. The van der Waals surface area contributed by atoms with Gasteiger partial charge in [-0.05, 0) is 44.4 Å². The molecular formula is C14H18N4O. The van der Waals surface area contributed by atoms with Crippen LogP contribution in [-0.4, -0.2) is 22.8 Å². The van der Waals surface area contributed by atoms with Gasteiger partial charge in [-0.1, -0.05) is 0 Å². The maximum Gasteiger partial charge on any atom is 0.169 e. The van der Waals surface area contributed by atoms with Gasteiger partial charge >= 0.3 is 0 Å². The van der Waals surface area contributed by atoms with Crippen molar-refractivity contribution in [1.82, 2.24) is 10.2 Å². The van der Waals surface area contributed by atoms with Crippen LogP contribution in [0.3, 0.4) is 0 Å². The van der Waals surface area contributed by atoms with Gasteiger partial charge in [0.05, 0.1) is 12.0 Å². The minimum Gasteiger partial charge on any atom is -0.463 e. The Morgan fingerprint density at radius 3 is 3.00 bits per heavy atom. The number of nitrogens with zero attached hydrogens (tertiary/aromatic N) is 3. The molecule has 0 saturated carbocycles. The van der Waals surface area contributed by atoms with Gasteiger partial charge in [0.25, 0.3) is 0 Å². The minimum absolute atomic E-state index is 0.490. The van der Waals surface area contributed by atoms with E-state index >= 15 is 0 Å². The summed E-state index contributed by atoms with van der Waals surface area (Å²) in [5.74, 6) is 1.21. The standard InChI is InChI=1S/C14H18N4O/c1-10-5-2-3-7-18(10)12-9-11(16-17-14(12)15)13-6-4-8-19-13/h4,6,8-10H,2-3,5,7H2,1H3,(H2,15,17)/t10-/m0/s1. The van der Waals surface area contributed by atoms with Gasteiger partial charge in [-0.2, -0.15) is 0 Å². The first kappa shape index (κ1) is 12.0. The fraction of sp³-hybridized carbons (Fsp3) is 0.429. The summed E-state index contributed by atoms with van der Waals surface area (Å²) in [6.45, 7) is 3.25. The number of hydrogen-bond donors (Lipinski definition) is 1. The first-order valence-electron chi connectivity index (χ1n) is 6.69. The molecular weight excluding hydrogens is 240 g/mol. The highest BCUT2D eigenvalue weighted by molar-refractivity contribution is 5.69. The highest BCUT2D eigenvalue weighted by Crippen LogP contribution is 2.31. The van der Waals surface area contributed by atoms with E-state index in [2.05, 4.69) is 22.0 Å². The average molecular weight is 258 g/mol. The van der Waals surface area contributed by atoms with Crippen LogP contribution in [0.5, 0.6) is 0 Å². The molecule has 1 saturated heterocycles. The maximum atomic E-state index is 5.99. The monoisotopic (exact) mass is 258 g/mol. The number of nitrogen functional groups attached to an aromatic ring is 1. The van der Waals surface area contributed by atoms with Gasteiger partial charge in [-0.3, -0.25) is 0 Å². The highest BCUT2D eigenvalue weighted by atomic mass is 16.3. The summed E-state index contributed by atoms with van der Waals surface area (Å²) in [6, 6.07) is 6.19.